The zero-order valence-electron chi connectivity index (χ0n) is 10.1. The van der Waals surface area contributed by atoms with Gasteiger partial charge in [0.1, 0.15) is 18.0 Å². The summed E-state index contributed by atoms with van der Waals surface area (Å²) >= 11 is 0. The summed E-state index contributed by atoms with van der Waals surface area (Å²) < 4.78 is 0. The van der Waals surface area contributed by atoms with Crippen LogP contribution >= 0.6 is 0 Å². The Morgan fingerprint density at radius 1 is 1.32 bits per heavy atom. The maximum atomic E-state index is 10.4. The highest BCUT2D eigenvalue weighted by Gasteiger charge is 2.01. The zero-order chi connectivity index (χ0) is 13.5. The number of hydrogen-bond acceptors (Lipinski definition) is 6. The van der Waals surface area contributed by atoms with E-state index in [0.29, 0.717) is 18.2 Å². The third-order valence-electron chi connectivity index (χ3n) is 2.25. The fourth-order valence-corrected chi connectivity index (χ4v) is 1.40. The normalized spacial score (nSPS) is 9.89. The van der Waals surface area contributed by atoms with Gasteiger partial charge in [-0.15, -0.1) is 0 Å². The van der Waals surface area contributed by atoms with Crippen LogP contribution in [0.4, 0.5) is 17.3 Å². The van der Waals surface area contributed by atoms with Crippen molar-refractivity contribution >= 4 is 23.3 Å². The number of carbonyl (C=O) groups is 1. The second-order valence-electron chi connectivity index (χ2n) is 3.73. The lowest BCUT2D eigenvalue weighted by atomic mass is 10.4. The SMILES string of the molecule is O=C(O)CCNc1cc(Nc2cccnc2)ncn1. The van der Waals surface area contributed by atoms with Gasteiger partial charge in [0.05, 0.1) is 18.3 Å². The molecule has 98 valence electrons. The van der Waals surface area contributed by atoms with Crippen molar-refractivity contribution in [2.75, 3.05) is 17.2 Å². The molecule has 0 fully saturated rings. The Morgan fingerprint density at radius 2 is 2.16 bits per heavy atom. The Labute approximate surface area is 109 Å². The summed E-state index contributed by atoms with van der Waals surface area (Å²) in [6.45, 7) is 0.318. The molecule has 7 nitrogen and oxygen atoms in total. The van der Waals surface area contributed by atoms with E-state index < -0.39 is 5.97 Å². The van der Waals surface area contributed by atoms with Crippen molar-refractivity contribution in [3.05, 3.63) is 36.9 Å². The average Bonchev–Trinajstić information content (AvgIpc) is 2.40. The number of carboxylic acid groups (broad SMARTS) is 1. The van der Waals surface area contributed by atoms with E-state index in [4.69, 9.17) is 5.11 Å². The minimum atomic E-state index is -0.852. The number of anilines is 3. The maximum absolute atomic E-state index is 10.4. The second kappa shape index (κ2) is 6.29. The number of aliphatic carboxylic acids is 1. The van der Waals surface area contributed by atoms with Crippen molar-refractivity contribution in [3.63, 3.8) is 0 Å². The highest BCUT2D eigenvalue weighted by molar-refractivity contribution is 5.67. The summed E-state index contributed by atoms with van der Waals surface area (Å²) in [4.78, 5) is 22.5. The number of nitrogens with zero attached hydrogens (tertiary/aromatic N) is 3. The van der Waals surface area contributed by atoms with Crippen LogP contribution < -0.4 is 10.6 Å². The van der Waals surface area contributed by atoms with E-state index in [0.717, 1.165) is 5.69 Å². The molecule has 0 radical (unpaired) electrons. The van der Waals surface area contributed by atoms with Gasteiger partial charge >= 0.3 is 5.97 Å². The molecule has 2 heterocycles. The van der Waals surface area contributed by atoms with E-state index in [9.17, 15) is 4.79 Å². The van der Waals surface area contributed by atoms with Crippen molar-refractivity contribution in [1.29, 1.82) is 0 Å². The smallest absolute Gasteiger partial charge is 0.305 e. The van der Waals surface area contributed by atoms with E-state index in [2.05, 4.69) is 25.6 Å². The first-order valence-corrected chi connectivity index (χ1v) is 5.69. The average molecular weight is 259 g/mol. The van der Waals surface area contributed by atoms with Crippen LogP contribution in [0.15, 0.2) is 36.9 Å². The summed E-state index contributed by atoms with van der Waals surface area (Å²) in [5.74, 6) is 0.332. The van der Waals surface area contributed by atoms with Crippen LogP contribution in [0.25, 0.3) is 0 Å². The Balaban J connectivity index is 1.97. The quantitative estimate of drug-likeness (QED) is 0.722. The molecule has 3 N–H and O–H groups in total. The second-order valence-corrected chi connectivity index (χ2v) is 3.73. The molecule has 0 aromatic carbocycles. The lowest BCUT2D eigenvalue weighted by Gasteiger charge is -2.07. The van der Waals surface area contributed by atoms with Gasteiger partial charge in [0.15, 0.2) is 0 Å². The van der Waals surface area contributed by atoms with Crippen LogP contribution in [0.1, 0.15) is 6.42 Å². The van der Waals surface area contributed by atoms with Gasteiger partial charge in [-0.25, -0.2) is 9.97 Å². The molecule has 0 saturated heterocycles. The van der Waals surface area contributed by atoms with E-state index in [-0.39, 0.29) is 6.42 Å². The molecular weight excluding hydrogens is 246 g/mol. The molecule has 0 aliphatic rings. The lowest BCUT2D eigenvalue weighted by Crippen LogP contribution is -2.09. The van der Waals surface area contributed by atoms with E-state index >= 15 is 0 Å². The van der Waals surface area contributed by atoms with Crippen LogP contribution in [-0.2, 0) is 4.79 Å². The van der Waals surface area contributed by atoms with Gasteiger partial charge in [-0.05, 0) is 12.1 Å². The van der Waals surface area contributed by atoms with Crippen molar-refractivity contribution in [3.8, 4) is 0 Å². The molecule has 0 aliphatic carbocycles. The molecule has 0 aliphatic heterocycles. The van der Waals surface area contributed by atoms with Crippen LogP contribution in [0.2, 0.25) is 0 Å². The molecule has 7 heteroatoms. The monoisotopic (exact) mass is 259 g/mol. The third-order valence-corrected chi connectivity index (χ3v) is 2.25. The molecule has 0 spiro atoms. The molecule has 0 atom stereocenters. The van der Waals surface area contributed by atoms with Crippen molar-refractivity contribution in [2.45, 2.75) is 6.42 Å². The fourth-order valence-electron chi connectivity index (χ4n) is 1.40. The third kappa shape index (κ3) is 4.23. The van der Waals surface area contributed by atoms with Gasteiger partial charge in [-0.1, -0.05) is 0 Å². The summed E-state index contributed by atoms with van der Waals surface area (Å²) in [5, 5.41) is 14.5. The maximum Gasteiger partial charge on any atom is 0.305 e. The first-order chi connectivity index (χ1) is 9.24. The van der Waals surface area contributed by atoms with Gasteiger partial charge in [0, 0.05) is 18.8 Å². The fraction of sp³-hybridized carbons (Fsp3) is 0.167. The Morgan fingerprint density at radius 3 is 2.89 bits per heavy atom. The summed E-state index contributed by atoms with van der Waals surface area (Å²) in [6.07, 6.45) is 4.81. The molecule has 0 bridgehead atoms. The highest BCUT2D eigenvalue weighted by Crippen LogP contribution is 2.14. The number of pyridine rings is 1. The Hall–Kier alpha value is -2.70. The molecule has 2 aromatic heterocycles. The standard InChI is InChI=1S/C12H13N5O2/c18-12(19)3-5-14-10-6-11(16-8-15-10)17-9-2-1-4-13-7-9/h1-2,4,6-8H,3,5H2,(H,18,19)(H2,14,15,16,17). The predicted molar refractivity (Wildman–Crippen MR) is 70.3 cm³/mol. The molecule has 19 heavy (non-hydrogen) atoms. The highest BCUT2D eigenvalue weighted by atomic mass is 16.4. The molecule has 0 saturated carbocycles. The van der Waals surface area contributed by atoms with E-state index in [1.807, 2.05) is 12.1 Å². The summed E-state index contributed by atoms with van der Waals surface area (Å²) in [7, 11) is 0. The van der Waals surface area contributed by atoms with Crippen molar-refractivity contribution in [1.82, 2.24) is 15.0 Å². The molecule has 2 aromatic rings. The lowest BCUT2D eigenvalue weighted by molar-refractivity contribution is -0.136. The van der Waals surface area contributed by atoms with E-state index in [1.165, 1.54) is 6.33 Å². The van der Waals surface area contributed by atoms with Gasteiger partial charge in [0.2, 0.25) is 0 Å². The summed E-state index contributed by atoms with van der Waals surface area (Å²) in [5.41, 5.74) is 0.817. The number of aromatic nitrogens is 3. The van der Waals surface area contributed by atoms with E-state index in [1.54, 1.807) is 18.5 Å². The van der Waals surface area contributed by atoms with Crippen molar-refractivity contribution < 1.29 is 9.90 Å². The minimum Gasteiger partial charge on any atom is -0.481 e. The largest absolute Gasteiger partial charge is 0.481 e. The molecule has 0 amide bonds. The minimum absolute atomic E-state index is 0.0371. The topological polar surface area (TPSA) is 100 Å². The van der Waals surface area contributed by atoms with Crippen LogP contribution in [0, 0.1) is 0 Å². The van der Waals surface area contributed by atoms with Crippen LogP contribution in [-0.4, -0.2) is 32.6 Å². The zero-order valence-corrected chi connectivity index (χ0v) is 10.1. The number of nitrogens with one attached hydrogen (secondary N) is 2. The first-order valence-electron chi connectivity index (χ1n) is 5.69. The molecule has 2 rings (SSSR count). The van der Waals surface area contributed by atoms with Crippen LogP contribution in [0.5, 0.6) is 0 Å². The van der Waals surface area contributed by atoms with Gasteiger partial charge < -0.3 is 15.7 Å². The van der Waals surface area contributed by atoms with Crippen molar-refractivity contribution in [2.24, 2.45) is 0 Å². The molecule has 0 unspecified atom stereocenters. The summed E-state index contributed by atoms with van der Waals surface area (Å²) in [6, 6.07) is 5.39. The Bertz CT molecular complexity index is 547. The molecular formula is C12H13N5O2. The predicted octanol–water partition coefficient (Wildman–Crippen LogP) is 1.50. The first kappa shape index (κ1) is 12.7. The number of rotatable bonds is 6. The van der Waals surface area contributed by atoms with Gasteiger partial charge in [0.25, 0.3) is 0 Å². The van der Waals surface area contributed by atoms with Crippen LogP contribution in [0.3, 0.4) is 0 Å². The van der Waals surface area contributed by atoms with Gasteiger partial charge in [-0.3, -0.25) is 9.78 Å². The number of carboxylic acids is 1. The Kier molecular flexibility index (Phi) is 4.22. The number of hydrogen-bond donors (Lipinski definition) is 3. The van der Waals surface area contributed by atoms with Gasteiger partial charge in [-0.2, -0.15) is 0 Å².